The van der Waals surface area contributed by atoms with Crippen molar-refractivity contribution in [1.82, 2.24) is 20.4 Å². The molecule has 0 radical (unpaired) electrons. The summed E-state index contributed by atoms with van der Waals surface area (Å²) in [5, 5.41) is 7.38. The van der Waals surface area contributed by atoms with E-state index in [2.05, 4.69) is 27.4 Å². The summed E-state index contributed by atoms with van der Waals surface area (Å²) in [6.07, 6.45) is 5.20. The Hall–Kier alpha value is -1.37. The van der Waals surface area contributed by atoms with Gasteiger partial charge in [-0.15, -0.1) is 12.4 Å². The van der Waals surface area contributed by atoms with E-state index in [1.807, 2.05) is 12.1 Å². The van der Waals surface area contributed by atoms with Gasteiger partial charge in [0.05, 0.1) is 12.8 Å². The molecule has 116 valence electrons. The number of hydrogen-bond donors (Lipinski definition) is 1. The molecule has 1 fully saturated rings. The number of furan rings is 1. The second kappa shape index (κ2) is 7.59. The average molecular weight is 313 g/mol. The average Bonchev–Trinajstić information content (AvgIpc) is 3.05. The molecule has 2 aromatic rings. The Morgan fingerprint density at radius 3 is 3.10 bits per heavy atom. The van der Waals surface area contributed by atoms with Crippen LogP contribution in [-0.2, 0) is 6.54 Å². The van der Waals surface area contributed by atoms with Crippen LogP contribution < -0.4 is 5.32 Å². The lowest BCUT2D eigenvalue weighted by Crippen LogP contribution is -2.32. The van der Waals surface area contributed by atoms with Crippen LogP contribution in [0.4, 0.5) is 0 Å². The first-order valence-electron chi connectivity index (χ1n) is 7.10. The summed E-state index contributed by atoms with van der Waals surface area (Å²) in [7, 11) is 2.12. The molecular formula is C14H21ClN4O2. The van der Waals surface area contributed by atoms with Gasteiger partial charge in [0.1, 0.15) is 0 Å². The minimum atomic E-state index is 0. The van der Waals surface area contributed by atoms with E-state index in [0.29, 0.717) is 30.1 Å². The molecule has 1 unspecified atom stereocenters. The van der Waals surface area contributed by atoms with E-state index in [9.17, 15) is 0 Å². The van der Waals surface area contributed by atoms with Gasteiger partial charge in [-0.2, -0.15) is 4.98 Å². The third-order valence-corrected chi connectivity index (χ3v) is 3.76. The molecule has 0 aromatic carbocycles. The number of halogens is 1. The molecule has 0 amide bonds. The molecule has 3 heterocycles. The van der Waals surface area contributed by atoms with Crippen LogP contribution >= 0.6 is 12.4 Å². The third-order valence-electron chi connectivity index (χ3n) is 3.76. The number of hydrogen-bond acceptors (Lipinski definition) is 6. The molecule has 1 saturated heterocycles. The fraction of sp³-hybridized carbons (Fsp3) is 0.571. The van der Waals surface area contributed by atoms with Gasteiger partial charge in [0.25, 0.3) is 0 Å². The zero-order valence-electron chi connectivity index (χ0n) is 12.1. The molecule has 1 aliphatic heterocycles. The Balaban J connectivity index is 0.00000161. The third kappa shape index (κ3) is 4.06. The zero-order chi connectivity index (χ0) is 13.8. The van der Waals surface area contributed by atoms with Gasteiger partial charge in [0, 0.05) is 6.04 Å². The fourth-order valence-corrected chi connectivity index (χ4v) is 2.61. The van der Waals surface area contributed by atoms with Gasteiger partial charge >= 0.3 is 0 Å². The van der Waals surface area contributed by atoms with E-state index in [1.165, 1.54) is 12.8 Å². The summed E-state index contributed by atoms with van der Waals surface area (Å²) < 4.78 is 10.6. The molecule has 0 spiro atoms. The van der Waals surface area contributed by atoms with E-state index in [-0.39, 0.29) is 12.4 Å². The quantitative estimate of drug-likeness (QED) is 0.934. The maximum atomic E-state index is 5.30. The highest BCUT2D eigenvalue weighted by Crippen LogP contribution is 2.18. The van der Waals surface area contributed by atoms with Gasteiger partial charge in [-0.3, -0.25) is 4.90 Å². The van der Waals surface area contributed by atoms with Crippen LogP contribution in [0.25, 0.3) is 11.6 Å². The van der Waals surface area contributed by atoms with E-state index in [4.69, 9.17) is 8.94 Å². The van der Waals surface area contributed by atoms with Crippen molar-refractivity contribution in [3.63, 3.8) is 0 Å². The molecule has 3 rings (SSSR count). The Morgan fingerprint density at radius 2 is 2.29 bits per heavy atom. The Morgan fingerprint density at radius 1 is 1.38 bits per heavy atom. The summed E-state index contributed by atoms with van der Waals surface area (Å²) >= 11 is 0. The molecule has 0 aliphatic carbocycles. The van der Waals surface area contributed by atoms with Crippen LogP contribution in [0, 0.1) is 0 Å². The summed E-state index contributed by atoms with van der Waals surface area (Å²) in [5.74, 6) is 1.79. The van der Waals surface area contributed by atoms with Crippen LogP contribution in [0.1, 0.15) is 25.2 Å². The second-order valence-electron chi connectivity index (χ2n) is 5.24. The van der Waals surface area contributed by atoms with Crippen molar-refractivity contribution in [3.05, 3.63) is 24.3 Å². The van der Waals surface area contributed by atoms with Crippen molar-refractivity contribution in [2.24, 2.45) is 0 Å². The van der Waals surface area contributed by atoms with E-state index in [1.54, 1.807) is 6.26 Å². The smallest absolute Gasteiger partial charge is 0.241 e. The highest BCUT2D eigenvalue weighted by Gasteiger charge is 2.19. The lowest BCUT2D eigenvalue weighted by Gasteiger charge is -2.25. The maximum Gasteiger partial charge on any atom is 0.241 e. The number of aromatic nitrogens is 2. The largest absolute Gasteiger partial charge is 0.461 e. The molecule has 6 nitrogen and oxygen atoms in total. The van der Waals surface area contributed by atoms with E-state index in [0.717, 1.165) is 19.5 Å². The highest BCUT2D eigenvalue weighted by molar-refractivity contribution is 5.85. The summed E-state index contributed by atoms with van der Waals surface area (Å²) in [6, 6.07) is 4.22. The molecule has 2 aromatic heterocycles. The van der Waals surface area contributed by atoms with Crippen LogP contribution in [-0.4, -0.2) is 41.2 Å². The molecule has 21 heavy (non-hydrogen) atoms. The minimum Gasteiger partial charge on any atom is -0.461 e. The van der Waals surface area contributed by atoms with E-state index < -0.39 is 0 Å². The van der Waals surface area contributed by atoms with Crippen LogP contribution in [0.5, 0.6) is 0 Å². The van der Waals surface area contributed by atoms with Gasteiger partial charge in [-0.05, 0) is 51.5 Å². The first-order chi connectivity index (χ1) is 9.83. The van der Waals surface area contributed by atoms with Crippen molar-refractivity contribution < 1.29 is 8.94 Å². The highest BCUT2D eigenvalue weighted by atomic mass is 35.5. The maximum absolute atomic E-state index is 5.30. The van der Waals surface area contributed by atoms with Crippen molar-refractivity contribution in [1.29, 1.82) is 0 Å². The Kier molecular flexibility index (Phi) is 5.78. The Bertz CT molecular complexity index is 521. The Labute approximate surface area is 130 Å². The van der Waals surface area contributed by atoms with Crippen molar-refractivity contribution in [2.45, 2.75) is 31.8 Å². The molecule has 1 N–H and O–H groups in total. The molecule has 0 bridgehead atoms. The summed E-state index contributed by atoms with van der Waals surface area (Å²) in [4.78, 5) is 6.68. The molecule has 1 aliphatic rings. The lowest BCUT2D eigenvalue weighted by atomic mass is 10.1. The standard InChI is InChI=1S/C14H20N4O2.ClH/c1-18(11-4-2-7-15-8-6-11)10-13-16-14(17-20-13)12-5-3-9-19-12;/h3,5,9,11,15H,2,4,6-8,10H2,1H3;1H. The van der Waals surface area contributed by atoms with Crippen molar-refractivity contribution in [2.75, 3.05) is 20.1 Å². The van der Waals surface area contributed by atoms with Crippen molar-refractivity contribution in [3.8, 4) is 11.6 Å². The second-order valence-corrected chi connectivity index (χ2v) is 5.24. The minimum absolute atomic E-state index is 0. The molecule has 0 saturated carbocycles. The normalized spacial score (nSPS) is 19.2. The topological polar surface area (TPSA) is 67.3 Å². The van der Waals surface area contributed by atoms with Crippen LogP contribution in [0.2, 0.25) is 0 Å². The molecule has 7 heteroatoms. The van der Waals surface area contributed by atoms with Crippen LogP contribution in [0.3, 0.4) is 0 Å². The molecule has 1 atom stereocenters. The van der Waals surface area contributed by atoms with Gasteiger partial charge < -0.3 is 14.3 Å². The zero-order valence-corrected chi connectivity index (χ0v) is 12.9. The SMILES string of the molecule is CN(Cc1nc(-c2ccco2)no1)C1CCCNCC1.Cl. The lowest BCUT2D eigenvalue weighted by molar-refractivity contribution is 0.190. The number of nitrogens with one attached hydrogen (secondary N) is 1. The summed E-state index contributed by atoms with van der Waals surface area (Å²) in [5.41, 5.74) is 0. The monoisotopic (exact) mass is 312 g/mol. The fourth-order valence-electron chi connectivity index (χ4n) is 2.61. The van der Waals surface area contributed by atoms with Crippen LogP contribution in [0.15, 0.2) is 27.3 Å². The van der Waals surface area contributed by atoms with Gasteiger partial charge in [0.2, 0.25) is 11.7 Å². The number of nitrogens with zero attached hydrogens (tertiary/aromatic N) is 3. The number of rotatable bonds is 4. The van der Waals surface area contributed by atoms with Gasteiger partial charge in [0.15, 0.2) is 5.76 Å². The van der Waals surface area contributed by atoms with Gasteiger partial charge in [-0.25, -0.2) is 0 Å². The predicted molar refractivity (Wildman–Crippen MR) is 81.2 cm³/mol. The first kappa shape index (κ1) is 16.0. The van der Waals surface area contributed by atoms with E-state index >= 15 is 0 Å². The molecular weight excluding hydrogens is 292 g/mol. The van der Waals surface area contributed by atoms with Gasteiger partial charge in [-0.1, -0.05) is 5.16 Å². The summed E-state index contributed by atoms with van der Waals surface area (Å²) in [6.45, 7) is 2.88. The first-order valence-corrected chi connectivity index (χ1v) is 7.10. The van der Waals surface area contributed by atoms with Crippen molar-refractivity contribution >= 4 is 12.4 Å². The predicted octanol–water partition coefficient (Wildman–Crippen LogP) is 2.33.